The Bertz CT molecular complexity index is 1020. The SMILES string of the molecule is O=C(Nc1ccc(Oc2ccccc2)cc1)Nc1c2c(cc3c1OCC3)OCC2. The number of para-hydroxylation sites is 1. The highest BCUT2D eigenvalue weighted by atomic mass is 16.5. The summed E-state index contributed by atoms with van der Waals surface area (Å²) in [6, 6.07) is 18.5. The van der Waals surface area contributed by atoms with Crippen molar-refractivity contribution in [2.24, 2.45) is 0 Å². The maximum Gasteiger partial charge on any atom is 0.323 e. The summed E-state index contributed by atoms with van der Waals surface area (Å²) >= 11 is 0. The zero-order valence-electron chi connectivity index (χ0n) is 15.7. The van der Waals surface area contributed by atoms with E-state index in [1.807, 2.05) is 48.5 Å². The third kappa shape index (κ3) is 3.57. The molecule has 0 spiro atoms. The first-order valence-electron chi connectivity index (χ1n) is 9.61. The number of carbonyl (C=O) groups is 1. The lowest BCUT2D eigenvalue weighted by molar-refractivity contribution is 0.262. The van der Waals surface area contributed by atoms with Gasteiger partial charge >= 0.3 is 6.03 Å². The molecule has 2 N–H and O–H groups in total. The van der Waals surface area contributed by atoms with Gasteiger partial charge in [0.2, 0.25) is 0 Å². The summed E-state index contributed by atoms with van der Waals surface area (Å²) in [6.45, 7) is 1.24. The third-order valence-electron chi connectivity index (χ3n) is 4.98. The van der Waals surface area contributed by atoms with Gasteiger partial charge < -0.3 is 24.8 Å². The zero-order valence-corrected chi connectivity index (χ0v) is 15.7. The van der Waals surface area contributed by atoms with Gasteiger partial charge in [-0.2, -0.15) is 0 Å². The summed E-state index contributed by atoms with van der Waals surface area (Å²) in [5.74, 6) is 3.06. The molecule has 0 atom stereocenters. The molecule has 0 saturated heterocycles. The quantitative estimate of drug-likeness (QED) is 0.660. The van der Waals surface area contributed by atoms with Crippen molar-refractivity contribution in [3.63, 3.8) is 0 Å². The molecule has 6 heteroatoms. The first-order chi connectivity index (χ1) is 14.3. The van der Waals surface area contributed by atoms with Crippen molar-refractivity contribution in [2.75, 3.05) is 23.8 Å². The van der Waals surface area contributed by atoms with Gasteiger partial charge in [-0.15, -0.1) is 0 Å². The van der Waals surface area contributed by atoms with Crippen LogP contribution in [0.3, 0.4) is 0 Å². The molecular formula is C23H20N2O4. The fourth-order valence-corrected chi connectivity index (χ4v) is 3.62. The first kappa shape index (κ1) is 17.4. The number of hydrogen-bond donors (Lipinski definition) is 2. The number of fused-ring (bicyclic) bond motifs is 2. The van der Waals surface area contributed by atoms with Crippen molar-refractivity contribution < 1.29 is 19.0 Å². The van der Waals surface area contributed by atoms with Crippen LogP contribution in [0.1, 0.15) is 11.1 Å². The third-order valence-corrected chi connectivity index (χ3v) is 4.98. The van der Waals surface area contributed by atoms with Crippen molar-refractivity contribution in [1.29, 1.82) is 0 Å². The van der Waals surface area contributed by atoms with E-state index in [2.05, 4.69) is 10.6 Å². The van der Waals surface area contributed by atoms with E-state index in [1.54, 1.807) is 12.1 Å². The van der Waals surface area contributed by atoms with Crippen molar-refractivity contribution in [2.45, 2.75) is 12.8 Å². The van der Waals surface area contributed by atoms with E-state index >= 15 is 0 Å². The highest BCUT2D eigenvalue weighted by Crippen LogP contribution is 2.44. The molecule has 2 amide bonds. The molecule has 2 heterocycles. The van der Waals surface area contributed by atoms with Gasteiger partial charge in [0.1, 0.15) is 23.0 Å². The number of hydrogen-bond acceptors (Lipinski definition) is 4. The highest BCUT2D eigenvalue weighted by Gasteiger charge is 2.27. The standard InChI is InChI=1S/C23H20N2O4/c26-23(24-16-6-8-18(9-7-16)29-17-4-2-1-3-5-17)25-21-19-11-13-27-20(19)14-15-10-12-28-22(15)21/h1-9,14H,10-13H2,(H2,24,25,26). The fourth-order valence-electron chi connectivity index (χ4n) is 3.62. The van der Waals surface area contributed by atoms with E-state index in [0.29, 0.717) is 30.3 Å². The van der Waals surface area contributed by atoms with Crippen molar-refractivity contribution in [3.8, 4) is 23.0 Å². The van der Waals surface area contributed by atoms with E-state index in [1.165, 1.54) is 0 Å². The lowest BCUT2D eigenvalue weighted by Crippen LogP contribution is -2.20. The molecule has 5 rings (SSSR count). The summed E-state index contributed by atoms with van der Waals surface area (Å²) < 4.78 is 17.2. The van der Waals surface area contributed by atoms with Crippen LogP contribution in [0.2, 0.25) is 0 Å². The van der Waals surface area contributed by atoms with Crippen molar-refractivity contribution in [1.82, 2.24) is 0 Å². The molecule has 3 aromatic carbocycles. The fraction of sp³-hybridized carbons (Fsp3) is 0.174. The van der Waals surface area contributed by atoms with Crippen LogP contribution in [0.15, 0.2) is 60.7 Å². The van der Waals surface area contributed by atoms with Gasteiger partial charge in [0.25, 0.3) is 0 Å². The Labute approximate surface area is 168 Å². The van der Waals surface area contributed by atoms with Gasteiger partial charge in [-0.05, 0) is 42.5 Å². The Balaban J connectivity index is 1.28. The van der Waals surface area contributed by atoms with Gasteiger partial charge in [0.15, 0.2) is 0 Å². The van der Waals surface area contributed by atoms with E-state index < -0.39 is 0 Å². The van der Waals surface area contributed by atoms with E-state index in [0.717, 1.165) is 41.2 Å². The number of ether oxygens (including phenoxy) is 3. The molecule has 0 unspecified atom stereocenters. The van der Waals surface area contributed by atoms with Gasteiger partial charge in [-0.25, -0.2) is 4.79 Å². The molecule has 2 aliphatic heterocycles. The Morgan fingerprint density at radius 2 is 1.62 bits per heavy atom. The van der Waals surface area contributed by atoms with Crippen LogP contribution in [0.4, 0.5) is 16.2 Å². The average Bonchev–Trinajstić information content (AvgIpc) is 3.39. The van der Waals surface area contributed by atoms with Crippen LogP contribution in [-0.2, 0) is 12.8 Å². The normalized spacial score (nSPS) is 13.7. The zero-order chi connectivity index (χ0) is 19.6. The molecule has 6 nitrogen and oxygen atoms in total. The number of amides is 2. The number of carbonyl (C=O) groups excluding carboxylic acids is 1. The highest BCUT2D eigenvalue weighted by molar-refractivity contribution is 6.02. The maximum absolute atomic E-state index is 12.6. The Morgan fingerprint density at radius 1 is 0.862 bits per heavy atom. The predicted octanol–water partition coefficient (Wildman–Crippen LogP) is 4.99. The Kier molecular flexibility index (Phi) is 4.44. The van der Waals surface area contributed by atoms with E-state index in [4.69, 9.17) is 14.2 Å². The molecule has 0 saturated carbocycles. The molecule has 29 heavy (non-hydrogen) atoms. The molecule has 3 aromatic rings. The second-order valence-electron chi connectivity index (χ2n) is 6.93. The monoisotopic (exact) mass is 388 g/mol. The molecule has 0 fully saturated rings. The minimum absolute atomic E-state index is 0.320. The van der Waals surface area contributed by atoms with Crippen LogP contribution in [0.25, 0.3) is 0 Å². The number of urea groups is 1. The smallest absolute Gasteiger partial charge is 0.323 e. The Hall–Kier alpha value is -3.67. The lowest BCUT2D eigenvalue weighted by Gasteiger charge is -2.15. The topological polar surface area (TPSA) is 68.8 Å². The molecule has 0 aromatic heterocycles. The largest absolute Gasteiger partial charge is 0.493 e. The molecular weight excluding hydrogens is 368 g/mol. The molecule has 2 aliphatic rings. The van der Waals surface area contributed by atoms with Crippen molar-refractivity contribution in [3.05, 3.63) is 71.8 Å². The minimum atomic E-state index is -0.320. The van der Waals surface area contributed by atoms with Gasteiger partial charge in [0, 0.05) is 29.7 Å². The van der Waals surface area contributed by atoms with Gasteiger partial charge in [-0.1, -0.05) is 18.2 Å². The summed E-state index contributed by atoms with van der Waals surface area (Å²) in [4.78, 5) is 12.6. The second-order valence-corrected chi connectivity index (χ2v) is 6.93. The molecule has 0 radical (unpaired) electrons. The van der Waals surface area contributed by atoms with Crippen molar-refractivity contribution >= 4 is 17.4 Å². The summed E-state index contributed by atoms with van der Waals surface area (Å²) in [6.07, 6.45) is 1.58. The lowest BCUT2D eigenvalue weighted by atomic mass is 10.0. The van der Waals surface area contributed by atoms with Crippen LogP contribution in [0.5, 0.6) is 23.0 Å². The number of anilines is 2. The van der Waals surface area contributed by atoms with Crippen LogP contribution in [-0.4, -0.2) is 19.2 Å². The van der Waals surface area contributed by atoms with Crippen LogP contribution < -0.4 is 24.8 Å². The number of benzene rings is 3. The summed E-state index contributed by atoms with van der Waals surface area (Å²) in [5, 5.41) is 5.82. The number of nitrogens with one attached hydrogen (secondary N) is 2. The minimum Gasteiger partial charge on any atom is -0.493 e. The number of rotatable bonds is 4. The molecule has 0 aliphatic carbocycles. The molecule has 0 bridgehead atoms. The van der Waals surface area contributed by atoms with Gasteiger partial charge in [0.05, 0.1) is 18.9 Å². The van der Waals surface area contributed by atoms with Gasteiger partial charge in [-0.3, -0.25) is 0 Å². The maximum atomic E-state index is 12.6. The average molecular weight is 388 g/mol. The summed E-state index contributed by atoms with van der Waals surface area (Å²) in [5.41, 5.74) is 3.45. The second kappa shape index (κ2) is 7.39. The first-order valence-corrected chi connectivity index (χ1v) is 9.61. The Morgan fingerprint density at radius 3 is 2.45 bits per heavy atom. The van der Waals surface area contributed by atoms with E-state index in [9.17, 15) is 4.79 Å². The summed E-state index contributed by atoms with van der Waals surface area (Å²) in [7, 11) is 0. The van der Waals surface area contributed by atoms with Crippen LogP contribution >= 0.6 is 0 Å². The molecule has 146 valence electrons. The van der Waals surface area contributed by atoms with E-state index in [-0.39, 0.29) is 6.03 Å². The predicted molar refractivity (Wildman–Crippen MR) is 110 cm³/mol. The van der Waals surface area contributed by atoms with Crippen LogP contribution in [0, 0.1) is 0 Å².